The largest absolute Gasteiger partial charge is 0.496 e. The number of carbonyl (C=O) groups is 1. The van der Waals surface area contributed by atoms with Crippen LogP contribution in [0.25, 0.3) is 10.9 Å². The minimum absolute atomic E-state index is 0.0377. The fourth-order valence-electron chi connectivity index (χ4n) is 3.44. The van der Waals surface area contributed by atoms with Crippen LogP contribution in [0.15, 0.2) is 27.4 Å². The number of anilines is 1. The first-order valence-electron chi connectivity index (χ1n) is 9.13. The van der Waals surface area contributed by atoms with Gasteiger partial charge in [0.25, 0.3) is 0 Å². The number of amides is 2. The number of methoxy groups -OCH3 is 1. The highest BCUT2D eigenvalue weighted by atomic mass is 16.5. The minimum atomic E-state index is -0.649. The predicted octanol–water partition coefficient (Wildman–Crippen LogP) is 3.44. The highest BCUT2D eigenvalue weighted by Gasteiger charge is 2.45. The van der Waals surface area contributed by atoms with E-state index in [4.69, 9.17) is 14.9 Å². The van der Waals surface area contributed by atoms with Gasteiger partial charge in [-0.3, -0.25) is 0 Å². The summed E-state index contributed by atoms with van der Waals surface area (Å²) in [5.41, 5.74) is 5.39. The van der Waals surface area contributed by atoms with Gasteiger partial charge in [-0.25, -0.2) is 14.5 Å². The van der Waals surface area contributed by atoms with Crippen LogP contribution in [0.3, 0.4) is 0 Å². The fraction of sp³-hybridized carbons (Fsp3) is 0.526. The molecule has 2 aromatic rings. The van der Waals surface area contributed by atoms with Gasteiger partial charge in [-0.1, -0.05) is 38.7 Å². The Morgan fingerprint density at radius 2 is 2.19 bits per heavy atom. The van der Waals surface area contributed by atoms with Crippen molar-refractivity contribution in [2.75, 3.05) is 12.0 Å². The monoisotopic (exact) mass is 359 g/mol. The number of benzene rings is 1. The third-order valence-electron chi connectivity index (χ3n) is 4.92. The van der Waals surface area contributed by atoms with Gasteiger partial charge < -0.3 is 14.9 Å². The van der Waals surface area contributed by atoms with Crippen LogP contribution in [0.4, 0.5) is 10.8 Å². The molecule has 1 saturated carbocycles. The van der Waals surface area contributed by atoms with Crippen LogP contribution in [0, 0.1) is 5.92 Å². The van der Waals surface area contributed by atoms with E-state index in [1.165, 1.54) is 31.3 Å². The molecule has 26 heavy (non-hydrogen) atoms. The zero-order valence-corrected chi connectivity index (χ0v) is 15.2. The molecular weight excluding hydrogens is 334 g/mol. The van der Waals surface area contributed by atoms with Gasteiger partial charge in [0, 0.05) is 6.04 Å². The molecular formula is C19H25N3O4. The van der Waals surface area contributed by atoms with Crippen molar-refractivity contribution in [3.05, 3.63) is 28.6 Å². The molecule has 2 unspecified atom stereocenters. The summed E-state index contributed by atoms with van der Waals surface area (Å²) in [6, 6.07) is 4.35. The number of carbonyl (C=O) groups excluding carboxylic acids is 1. The van der Waals surface area contributed by atoms with E-state index in [1.807, 2.05) is 0 Å². The van der Waals surface area contributed by atoms with Gasteiger partial charge in [0.05, 0.1) is 12.6 Å². The van der Waals surface area contributed by atoms with Gasteiger partial charge in [-0.05, 0) is 30.9 Å². The number of fused-ring (bicyclic) bond motifs is 1. The highest BCUT2D eigenvalue weighted by molar-refractivity contribution is 5.91. The third kappa shape index (κ3) is 3.66. The van der Waals surface area contributed by atoms with Crippen molar-refractivity contribution in [3.8, 4) is 5.75 Å². The second-order valence-corrected chi connectivity index (χ2v) is 6.76. The summed E-state index contributed by atoms with van der Waals surface area (Å²) in [5, 5.41) is 0.259. The maximum atomic E-state index is 12.4. The second-order valence-electron chi connectivity index (χ2n) is 6.76. The topological polar surface area (TPSA) is 98.7 Å². The SMILES string of the molecule is CCCCCCC1CC1N(C(N)=O)c1nc2cccc(OC)c2c(=O)o1. The van der Waals surface area contributed by atoms with Crippen LogP contribution in [-0.2, 0) is 0 Å². The maximum Gasteiger partial charge on any atom is 0.351 e. The van der Waals surface area contributed by atoms with Gasteiger partial charge in [-0.2, -0.15) is 4.98 Å². The Balaban J connectivity index is 1.84. The number of hydrogen-bond donors (Lipinski definition) is 1. The molecule has 1 aliphatic rings. The maximum absolute atomic E-state index is 12.4. The van der Waals surface area contributed by atoms with Crippen molar-refractivity contribution < 1.29 is 13.9 Å². The lowest BCUT2D eigenvalue weighted by molar-refractivity contribution is 0.251. The first kappa shape index (κ1) is 18.2. The van der Waals surface area contributed by atoms with E-state index >= 15 is 0 Å². The zero-order chi connectivity index (χ0) is 18.7. The van der Waals surface area contributed by atoms with E-state index in [9.17, 15) is 9.59 Å². The Bertz CT molecular complexity index is 848. The van der Waals surface area contributed by atoms with Crippen LogP contribution >= 0.6 is 0 Å². The number of hydrogen-bond acceptors (Lipinski definition) is 5. The van der Waals surface area contributed by atoms with Crippen molar-refractivity contribution in [3.63, 3.8) is 0 Å². The van der Waals surface area contributed by atoms with E-state index in [1.54, 1.807) is 18.2 Å². The van der Waals surface area contributed by atoms with Crippen molar-refractivity contribution in [2.45, 2.75) is 51.5 Å². The molecule has 0 radical (unpaired) electrons. The van der Waals surface area contributed by atoms with Crippen molar-refractivity contribution in [1.82, 2.24) is 4.98 Å². The summed E-state index contributed by atoms with van der Waals surface area (Å²) in [6.45, 7) is 2.18. The Labute approximate surface area is 152 Å². The highest BCUT2D eigenvalue weighted by Crippen LogP contribution is 2.41. The summed E-state index contributed by atoms with van der Waals surface area (Å²) in [6.07, 6.45) is 6.64. The Kier molecular flexibility index (Phi) is 5.44. The van der Waals surface area contributed by atoms with Crippen LogP contribution in [-0.4, -0.2) is 24.2 Å². The third-order valence-corrected chi connectivity index (χ3v) is 4.92. The first-order valence-corrected chi connectivity index (χ1v) is 9.13. The van der Waals surface area contributed by atoms with Crippen molar-refractivity contribution in [2.24, 2.45) is 11.7 Å². The molecule has 0 aliphatic heterocycles. The number of urea groups is 1. The quantitative estimate of drug-likeness (QED) is 0.728. The molecule has 140 valence electrons. The molecule has 7 heteroatoms. The summed E-state index contributed by atoms with van der Waals surface area (Å²) in [5.74, 6) is 0.772. The average Bonchev–Trinajstić information content (AvgIpc) is 3.36. The average molecular weight is 359 g/mol. The Morgan fingerprint density at radius 1 is 1.38 bits per heavy atom. The number of ether oxygens (including phenoxy) is 1. The van der Waals surface area contributed by atoms with Gasteiger partial charge >= 0.3 is 17.7 Å². The molecule has 2 amide bonds. The molecule has 2 N–H and O–H groups in total. The number of aromatic nitrogens is 1. The predicted molar refractivity (Wildman–Crippen MR) is 99.5 cm³/mol. The van der Waals surface area contributed by atoms with Crippen molar-refractivity contribution in [1.29, 1.82) is 0 Å². The fourth-order valence-corrected chi connectivity index (χ4v) is 3.44. The minimum Gasteiger partial charge on any atom is -0.496 e. The number of rotatable bonds is 8. The van der Waals surface area contributed by atoms with Gasteiger partial charge in [0.1, 0.15) is 11.1 Å². The molecule has 0 saturated heterocycles. The number of unbranched alkanes of at least 4 members (excludes halogenated alkanes) is 3. The Hall–Kier alpha value is -2.57. The second kappa shape index (κ2) is 7.76. The number of nitrogens with zero attached hydrogens (tertiary/aromatic N) is 2. The van der Waals surface area contributed by atoms with E-state index in [0.29, 0.717) is 17.2 Å². The lowest BCUT2D eigenvalue weighted by Crippen LogP contribution is -2.39. The molecule has 7 nitrogen and oxygen atoms in total. The van der Waals surface area contributed by atoms with Gasteiger partial charge in [-0.15, -0.1) is 0 Å². The van der Waals surface area contributed by atoms with Crippen LogP contribution in [0.1, 0.15) is 45.4 Å². The number of primary amides is 1. The van der Waals surface area contributed by atoms with E-state index < -0.39 is 11.7 Å². The molecule has 1 aromatic carbocycles. The van der Waals surface area contributed by atoms with E-state index in [2.05, 4.69) is 11.9 Å². The lowest BCUT2D eigenvalue weighted by atomic mass is 10.1. The molecule has 1 aliphatic carbocycles. The van der Waals surface area contributed by atoms with Crippen LogP contribution in [0.5, 0.6) is 5.75 Å². The Morgan fingerprint density at radius 3 is 2.88 bits per heavy atom. The van der Waals surface area contributed by atoms with Crippen LogP contribution < -0.4 is 21.0 Å². The number of nitrogens with two attached hydrogens (primary N) is 1. The van der Waals surface area contributed by atoms with Crippen LogP contribution in [0.2, 0.25) is 0 Å². The molecule has 3 rings (SSSR count). The van der Waals surface area contributed by atoms with Gasteiger partial charge in [0.2, 0.25) is 0 Å². The molecule has 1 fully saturated rings. The summed E-state index contributed by atoms with van der Waals surface area (Å²) >= 11 is 0. The summed E-state index contributed by atoms with van der Waals surface area (Å²) in [7, 11) is 1.48. The molecule has 0 bridgehead atoms. The molecule has 0 spiro atoms. The molecule has 1 heterocycles. The first-order chi connectivity index (χ1) is 12.6. The lowest BCUT2D eigenvalue weighted by Gasteiger charge is -2.18. The summed E-state index contributed by atoms with van der Waals surface area (Å²) < 4.78 is 10.5. The van der Waals surface area contributed by atoms with E-state index in [-0.39, 0.29) is 17.4 Å². The zero-order valence-electron chi connectivity index (χ0n) is 15.2. The molecule has 1 aromatic heterocycles. The summed E-state index contributed by atoms with van der Waals surface area (Å²) in [4.78, 5) is 30.1. The molecule has 2 atom stereocenters. The smallest absolute Gasteiger partial charge is 0.351 e. The van der Waals surface area contributed by atoms with Gasteiger partial charge in [0.15, 0.2) is 0 Å². The standard InChI is InChI=1S/C19H25N3O4/c1-3-4-5-6-8-12-11-14(12)22(18(20)24)19-21-13-9-7-10-15(25-2)16(13)17(23)26-19/h7,9-10,12,14H,3-6,8,11H2,1-2H3,(H2,20,24). The van der Waals surface area contributed by atoms with Crippen molar-refractivity contribution >= 4 is 22.9 Å². The van der Waals surface area contributed by atoms with E-state index in [0.717, 1.165) is 19.3 Å². The normalized spacial score (nSPS) is 18.7.